The summed E-state index contributed by atoms with van der Waals surface area (Å²) in [4.78, 5) is 28.8. The number of anilines is 2. The smallest absolute Gasteiger partial charge is 0.267 e. The third kappa shape index (κ3) is 4.06. The van der Waals surface area contributed by atoms with Crippen molar-refractivity contribution < 1.29 is 14.3 Å². The van der Waals surface area contributed by atoms with Crippen molar-refractivity contribution >= 4 is 23.3 Å². The lowest BCUT2D eigenvalue weighted by molar-refractivity contribution is -0.134. The quantitative estimate of drug-likeness (QED) is 0.667. The van der Waals surface area contributed by atoms with Crippen LogP contribution in [0.1, 0.15) is 16.9 Å². The zero-order valence-electron chi connectivity index (χ0n) is 11.7. The topological polar surface area (TPSA) is 124 Å². The first-order chi connectivity index (χ1) is 10.1. The Bertz CT molecular complexity index is 529. The predicted octanol–water partition coefficient (Wildman–Crippen LogP) is -0.577. The Morgan fingerprint density at radius 1 is 1.33 bits per heavy atom. The number of morpholine rings is 1. The molecule has 1 fully saturated rings. The molecule has 0 atom stereocenters. The van der Waals surface area contributed by atoms with Crippen molar-refractivity contribution in [3.8, 4) is 0 Å². The number of nitrogen functional groups attached to an aromatic ring is 1. The minimum absolute atomic E-state index is 0.0513. The van der Waals surface area contributed by atoms with Crippen LogP contribution in [0.2, 0.25) is 0 Å². The van der Waals surface area contributed by atoms with Gasteiger partial charge in [-0.25, -0.2) is 4.98 Å². The van der Waals surface area contributed by atoms with Gasteiger partial charge in [-0.1, -0.05) is 0 Å². The van der Waals surface area contributed by atoms with E-state index in [4.69, 9.17) is 16.2 Å². The molecule has 1 aliphatic rings. The summed E-state index contributed by atoms with van der Waals surface area (Å²) in [5.41, 5.74) is 11.5. The second-order valence-corrected chi connectivity index (χ2v) is 4.67. The normalized spacial score (nSPS) is 14.8. The molecule has 114 valence electrons. The van der Waals surface area contributed by atoms with Gasteiger partial charge in [0.25, 0.3) is 5.91 Å². The van der Waals surface area contributed by atoms with E-state index in [9.17, 15) is 9.59 Å². The van der Waals surface area contributed by atoms with Gasteiger partial charge in [0.05, 0.1) is 18.9 Å². The summed E-state index contributed by atoms with van der Waals surface area (Å²) in [5, 5.41) is 2.96. The van der Waals surface area contributed by atoms with Crippen molar-refractivity contribution in [2.24, 2.45) is 5.73 Å². The first kappa shape index (κ1) is 15.0. The third-order valence-corrected chi connectivity index (χ3v) is 3.17. The molecule has 2 amide bonds. The Kier molecular flexibility index (Phi) is 4.94. The fraction of sp³-hybridized carbons (Fsp3) is 0.462. The highest BCUT2D eigenvalue weighted by atomic mass is 16.5. The van der Waals surface area contributed by atoms with Gasteiger partial charge in [0, 0.05) is 26.1 Å². The molecule has 5 N–H and O–H groups in total. The largest absolute Gasteiger partial charge is 0.396 e. The van der Waals surface area contributed by atoms with E-state index < -0.39 is 5.91 Å². The molecule has 1 aromatic rings. The Morgan fingerprint density at radius 2 is 2.05 bits per heavy atom. The van der Waals surface area contributed by atoms with Crippen LogP contribution in [0.4, 0.5) is 11.5 Å². The van der Waals surface area contributed by atoms with E-state index in [2.05, 4.69) is 10.3 Å². The molecule has 1 aromatic heterocycles. The van der Waals surface area contributed by atoms with Gasteiger partial charge in [0.15, 0.2) is 0 Å². The van der Waals surface area contributed by atoms with Crippen molar-refractivity contribution in [1.82, 2.24) is 9.88 Å². The van der Waals surface area contributed by atoms with Gasteiger partial charge in [-0.3, -0.25) is 9.59 Å². The SMILES string of the molecule is NC(=O)c1ccc(N)c(NCCC(=O)N2CCOCC2)n1. The molecule has 0 unspecified atom stereocenters. The molecule has 0 spiro atoms. The van der Waals surface area contributed by atoms with Crippen molar-refractivity contribution in [3.05, 3.63) is 17.8 Å². The van der Waals surface area contributed by atoms with Gasteiger partial charge in [0.1, 0.15) is 11.5 Å². The summed E-state index contributed by atoms with van der Waals surface area (Å²) in [6.07, 6.45) is 0.321. The molecule has 0 radical (unpaired) electrons. The van der Waals surface area contributed by atoms with E-state index in [0.717, 1.165) is 0 Å². The number of hydrogen-bond acceptors (Lipinski definition) is 6. The lowest BCUT2D eigenvalue weighted by Gasteiger charge is -2.26. The molecular formula is C13H19N5O3. The fourth-order valence-corrected chi connectivity index (χ4v) is 2.01. The maximum atomic E-state index is 12.0. The van der Waals surface area contributed by atoms with Crippen LogP contribution in [-0.4, -0.2) is 54.5 Å². The van der Waals surface area contributed by atoms with E-state index in [0.29, 0.717) is 50.8 Å². The number of nitrogens with zero attached hydrogens (tertiary/aromatic N) is 2. The lowest BCUT2D eigenvalue weighted by atomic mass is 10.3. The molecule has 1 aliphatic heterocycles. The minimum Gasteiger partial charge on any atom is -0.396 e. The number of pyridine rings is 1. The van der Waals surface area contributed by atoms with E-state index in [1.54, 1.807) is 11.0 Å². The number of rotatable bonds is 5. The van der Waals surface area contributed by atoms with E-state index >= 15 is 0 Å². The molecule has 0 aliphatic carbocycles. The number of hydrogen-bond donors (Lipinski definition) is 3. The van der Waals surface area contributed by atoms with Crippen LogP contribution in [-0.2, 0) is 9.53 Å². The van der Waals surface area contributed by atoms with E-state index in [1.165, 1.54) is 6.07 Å². The number of carbonyl (C=O) groups is 2. The van der Waals surface area contributed by atoms with Crippen LogP contribution in [0, 0.1) is 0 Å². The highest BCUT2D eigenvalue weighted by Crippen LogP contribution is 2.15. The summed E-state index contributed by atoms with van der Waals surface area (Å²) in [5.74, 6) is -0.209. The number of nitrogens with two attached hydrogens (primary N) is 2. The Labute approximate surface area is 122 Å². The average molecular weight is 293 g/mol. The van der Waals surface area contributed by atoms with Gasteiger partial charge in [-0.15, -0.1) is 0 Å². The Morgan fingerprint density at radius 3 is 2.71 bits per heavy atom. The molecule has 21 heavy (non-hydrogen) atoms. The second kappa shape index (κ2) is 6.89. The molecular weight excluding hydrogens is 274 g/mol. The van der Waals surface area contributed by atoms with Gasteiger partial charge >= 0.3 is 0 Å². The highest BCUT2D eigenvalue weighted by molar-refractivity contribution is 5.91. The fourth-order valence-electron chi connectivity index (χ4n) is 2.01. The van der Waals surface area contributed by atoms with Crippen LogP contribution >= 0.6 is 0 Å². The second-order valence-electron chi connectivity index (χ2n) is 4.67. The summed E-state index contributed by atoms with van der Waals surface area (Å²) in [7, 11) is 0. The van der Waals surface area contributed by atoms with Gasteiger partial charge in [0.2, 0.25) is 5.91 Å². The molecule has 0 aromatic carbocycles. The minimum atomic E-state index is -0.623. The van der Waals surface area contributed by atoms with Crippen LogP contribution in [0.5, 0.6) is 0 Å². The maximum absolute atomic E-state index is 12.0. The third-order valence-electron chi connectivity index (χ3n) is 3.17. The van der Waals surface area contributed by atoms with E-state index in [1.807, 2.05) is 0 Å². The monoisotopic (exact) mass is 293 g/mol. The molecule has 0 bridgehead atoms. The highest BCUT2D eigenvalue weighted by Gasteiger charge is 2.16. The first-order valence-corrected chi connectivity index (χ1v) is 6.73. The van der Waals surface area contributed by atoms with Gasteiger partial charge in [-0.2, -0.15) is 0 Å². The molecule has 2 heterocycles. The summed E-state index contributed by atoms with van der Waals surface area (Å²) in [6.45, 7) is 2.78. The number of nitrogens with one attached hydrogen (secondary N) is 1. The van der Waals surface area contributed by atoms with Crippen LogP contribution in [0.15, 0.2) is 12.1 Å². The van der Waals surface area contributed by atoms with Gasteiger partial charge < -0.3 is 26.4 Å². The summed E-state index contributed by atoms with van der Waals surface area (Å²) in [6, 6.07) is 3.01. The Balaban J connectivity index is 1.86. The van der Waals surface area contributed by atoms with Crippen LogP contribution in [0.3, 0.4) is 0 Å². The maximum Gasteiger partial charge on any atom is 0.267 e. The summed E-state index contributed by atoms with van der Waals surface area (Å²) < 4.78 is 5.20. The molecule has 2 rings (SSSR count). The van der Waals surface area contributed by atoms with Gasteiger partial charge in [-0.05, 0) is 12.1 Å². The van der Waals surface area contributed by atoms with Crippen molar-refractivity contribution in [1.29, 1.82) is 0 Å². The van der Waals surface area contributed by atoms with Crippen molar-refractivity contribution in [3.63, 3.8) is 0 Å². The van der Waals surface area contributed by atoms with Crippen LogP contribution < -0.4 is 16.8 Å². The zero-order valence-corrected chi connectivity index (χ0v) is 11.7. The molecule has 0 saturated carbocycles. The summed E-state index contributed by atoms with van der Waals surface area (Å²) >= 11 is 0. The number of carbonyl (C=O) groups excluding carboxylic acids is 2. The van der Waals surface area contributed by atoms with Crippen molar-refractivity contribution in [2.75, 3.05) is 43.9 Å². The van der Waals surface area contributed by atoms with Crippen LogP contribution in [0.25, 0.3) is 0 Å². The number of ether oxygens (including phenoxy) is 1. The lowest BCUT2D eigenvalue weighted by Crippen LogP contribution is -2.41. The van der Waals surface area contributed by atoms with Crippen molar-refractivity contribution in [2.45, 2.75) is 6.42 Å². The number of amides is 2. The standard InChI is InChI=1S/C13H19N5O3/c14-9-1-2-10(12(15)20)17-13(9)16-4-3-11(19)18-5-7-21-8-6-18/h1-2H,3-8,14H2,(H2,15,20)(H,16,17). The first-order valence-electron chi connectivity index (χ1n) is 6.73. The number of primary amides is 1. The number of aromatic nitrogens is 1. The molecule has 8 nitrogen and oxygen atoms in total. The average Bonchev–Trinajstić information content (AvgIpc) is 2.49. The molecule has 8 heteroatoms. The molecule has 1 saturated heterocycles. The zero-order chi connectivity index (χ0) is 15.2. The Hall–Kier alpha value is -2.35. The van der Waals surface area contributed by atoms with E-state index in [-0.39, 0.29) is 11.6 Å². The predicted molar refractivity (Wildman–Crippen MR) is 77.7 cm³/mol.